The van der Waals surface area contributed by atoms with Crippen molar-refractivity contribution in [2.75, 3.05) is 13.2 Å². The van der Waals surface area contributed by atoms with Crippen LogP contribution in [0.2, 0.25) is 0 Å². The van der Waals surface area contributed by atoms with Crippen molar-refractivity contribution in [2.24, 2.45) is 0 Å². The second-order valence-electron chi connectivity index (χ2n) is 6.69. The van der Waals surface area contributed by atoms with Crippen molar-refractivity contribution < 1.29 is 9.84 Å². The number of nitrogens with zero attached hydrogens (tertiary/aromatic N) is 1. The lowest BCUT2D eigenvalue weighted by molar-refractivity contribution is 0.0666. The molecule has 134 valence electrons. The molecule has 2 heterocycles. The zero-order valence-corrected chi connectivity index (χ0v) is 14.4. The zero-order valence-electron chi connectivity index (χ0n) is 14.4. The number of hydrogen-bond acceptors (Lipinski definition) is 5. The third-order valence-electron chi connectivity index (χ3n) is 4.33. The summed E-state index contributed by atoms with van der Waals surface area (Å²) in [4.78, 5) is 29.9. The number of hydrogen-bond donors (Lipinski definition) is 3. The highest BCUT2D eigenvalue weighted by atomic mass is 16.5. The number of H-pyrrole nitrogens is 2. The first kappa shape index (κ1) is 17.4. The third kappa shape index (κ3) is 4.00. The van der Waals surface area contributed by atoms with Gasteiger partial charge < -0.3 is 14.8 Å². The fourth-order valence-electron chi connectivity index (χ4n) is 3.12. The maximum absolute atomic E-state index is 11.8. The summed E-state index contributed by atoms with van der Waals surface area (Å²) in [6.07, 6.45) is -0.694. The summed E-state index contributed by atoms with van der Waals surface area (Å²) >= 11 is 0. The molecule has 2 aromatic rings. The first-order chi connectivity index (χ1) is 11.9. The van der Waals surface area contributed by atoms with E-state index < -0.39 is 11.8 Å². The van der Waals surface area contributed by atoms with E-state index in [1.54, 1.807) is 0 Å². The Labute approximate surface area is 145 Å². The van der Waals surface area contributed by atoms with Crippen LogP contribution in [0.5, 0.6) is 5.75 Å². The first-order valence-electron chi connectivity index (χ1n) is 8.40. The molecule has 0 saturated heterocycles. The van der Waals surface area contributed by atoms with Gasteiger partial charge in [-0.25, -0.2) is 4.79 Å². The molecule has 1 unspecified atom stereocenters. The molecule has 1 aliphatic rings. The highest BCUT2D eigenvalue weighted by Crippen LogP contribution is 2.26. The number of aliphatic hydroxyl groups is 1. The molecule has 7 nitrogen and oxygen atoms in total. The fourth-order valence-corrected chi connectivity index (χ4v) is 3.12. The molecule has 3 N–H and O–H groups in total. The molecule has 1 aromatic heterocycles. The number of aliphatic hydroxyl groups excluding tert-OH is 1. The summed E-state index contributed by atoms with van der Waals surface area (Å²) in [5.41, 5.74) is 1.41. The Morgan fingerprint density at radius 1 is 1.20 bits per heavy atom. The van der Waals surface area contributed by atoms with Gasteiger partial charge in [0.05, 0.1) is 5.56 Å². The Morgan fingerprint density at radius 2 is 1.96 bits per heavy atom. The number of benzene rings is 1. The highest BCUT2D eigenvalue weighted by molar-refractivity contribution is 5.35. The van der Waals surface area contributed by atoms with E-state index in [-0.39, 0.29) is 12.2 Å². The van der Waals surface area contributed by atoms with Gasteiger partial charge in [-0.15, -0.1) is 0 Å². The minimum Gasteiger partial charge on any atom is -0.491 e. The van der Waals surface area contributed by atoms with Crippen LogP contribution < -0.4 is 16.0 Å². The lowest BCUT2D eigenvalue weighted by Crippen LogP contribution is -2.32. The molecule has 1 aromatic carbocycles. The molecule has 1 aliphatic heterocycles. The summed E-state index contributed by atoms with van der Waals surface area (Å²) in [6.45, 7) is 5.56. The molecule has 0 fully saturated rings. The van der Waals surface area contributed by atoms with Crippen molar-refractivity contribution in [3.63, 3.8) is 0 Å². The van der Waals surface area contributed by atoms with Crippen LogP contribution in [0.15, 0.2) is 33.9 Å². The van der Waals surface area contributed by atoms with Crippen LogP contribution in [0.4, 0.5) is 0 Å². The maximum atomic E-state index is 11.8. The summed E-state index contributed by atoms with van der Waals surface area (Å²) in [7, 11) is 0. The molecule has 0 radical (unpaired) electrons. The number of rotatable bonds is 6. The maximum Gasteiger partial charge on any atom is 0.325 e. The largest absolute Gasteiger partial charge is 0.491 e. The Kier molecular flexibility index (Phi) is 5.06. The highest BCUT2D eigenvalue weighted by Gasteiger charge is 2.24. The van der Waals surface area contributed by atoms with E-state index >= 15 is 0 Å². The number of fused-ring (bicyclic) bond motifs is 1. The van der Waals surface area contributed by atoms with Gasteiger partial charge in [0.25, 0.3) is 5.56 Å². The number of aromatic amines is 2. The zero-order chi connectivity index (χ0) is 18.0. The van der Waals surface area contributed by atoms with Crippen LogP contribution in [-0.4, -0.2) is 39.2 Å². The van der Waals surface area contributed by atoms with Crippen molar-refractivity contribution in [3.8, 4) is 5.75 Å². The van der Waals surface area contributed by atoms with Crippen molar-refractivity contribution >= 4 is 0 Å². The molecular formula is C18H23N3O4. The topological polar surface area (TPSA) is 98.4 Å². The number of nitrogens with one attached hydrogen (secondary N) is 2. The molecule has 0 bridgehead atoms. The van der Waals surface area contributed by atoms with Gasteiger partial charge in [-0.1, -0.05) is 32.0 Å². The average Bonchev–Trinajstić information content (AvgIpc) is 2.95. The van der Waals surface area contributed by atoms with Crippen molar-refractivity contribution in [2.45, 2.75) is 39.0 Å². The number of aromatic nitrogens is 2. The molecule has 1 atom stereocenters. The van der Waals surface area contributed by atoms with Gasteiger partial charge in [0, 0.05) is 25.3 Å². The number of para-hydroxylation sites is 1. The summed E-state index contributed by atoms with van der Waals surface area (Å²) < 4.78 is 5.79. The first-order valence-corrected chi connectivity index (χ1v) is 8.40. The van der Waals surface area contributed by atoms with Gasteiger partial charge >= 0.3 is 5.69 Å². The SMILES string of the molecule is CC(C)c1ccccc1OCC(O)CN1Cc2[nH]c(=O)[nH]c(=O)c2C1. The second-order valence-corrected chi connectivity index (χ2v) is 6.69. The summed E-state index contributed by atoms with van der Waals surface area (Å²) in [5, 5.41) is 10.3. The molecule has 7 heteroatoms. The van der Waals surface area contributed by atoms with Crippen LogP contribution in [-0.2, 0) is 13.1 Å². The lowest BCUT2D eigenvalue weighted by Gasteiger charge is -2.20. The van der Waals surface area contributed by atoms with Crippen LogP contribution >= 0.6 is 0 Å². The van der Waals surface area contributed by atoms with Crippen LogP contribution in [0.1, 0.15) is 36.6 Å². The normalized spacial score (nSPS) is 15.4. The van der Waals surface area contributed by atoms with Gasteiger partial charge in [-0.05, 0) is 17.5 Å². The van der Waals surface area contributed by atoms with Gasteiger partial charge in [0.15, 0.2) is 0 Å². The Morgan fingerprint density at radius 3 is 2.72 bits per heavy atom. The van der Waals surface area contributed by atoms with Crippen LogP contribution in [0.3, 0.4) is 0 Å². The number of ether oxygens (including phenoxy) is 1. The Hall–Kier alpha value is -2.38. The van der Waals surface area contributed by atoms with E-state index in [2.05, 4.69) is 23.8 Å². The van der Waals surface area contributed by atoms with Crippen LogP contribution in [0.25, 0.3) is 0 Å². The molecule has 25 heavy (non-hydrogen) atoms. The Bertz CT molecular complexity index is 856. The van der Waals surface area contributed by atoms with Crippen molar-refractivity contribution in [1.29, 1.82) is 0 Å². The number of β-amino-alcohol motifs (C(OH)–C–C–N with tert-alkyl or cyclic N) is 1. The van der Waals surface area contributed by atoms with E-state index in [4.69, 9.17) is 4.74 Å². The van der Waals surface area contributed by atoms with E-state index in [1.807, 2.05) is 29.2 Å². The van der Waals surface area contributed by atoms with Crippen molar-refractivity contribution in [3.05, 3.63) is 61.9 Å². The van der Waals surface area contributed by atoms with Gasteiger partial charge in [0.2, 0.25) is 0 Å². The van der Waals surface area contributed by atoms with Crippen molar-refractivity contribution in [1.82, 2.24) is 14.9 Å². The lowest BCUT2D eigenvalue weighted by atomic mass is 10.0. The minimum atomic E-state index is -0.694. The molecule has 0 saturated carbocycles. The summed E-state index contributed by atoms with van der Waals surface area (Å²) in [5.74, 6) is 1.12. The minimum absolute atomic E-state index is 0.170. The van der Waals surface area contributed by atoms with E-state index in [1.165, 1.54) is 0 Å². The smallest absolute Gasteiger partial charge is 0.325 e. The van der Waals surface area contributed by atoms with E-state index in [0.29, 0.717) is 36.8 Å². The van der Waals surface area contributed by atoms with E-state index in [9.17, 15) is 14.7 Å². The molecule has 0 aliphatic carbocycles. The average molecular weight is 345 g/mol. The van der Waals surface area contributed by atoms with Gasteiger partial charge in [-0.2, -0.15) is 0 Å². The standard InChI is InChI=1S/C18H23N3O4/c1-11(2)13-5-3-4-6-16(13)25-10-12(22)7-21-8-14-15(9-21)19-18(24)20-17(14)23/h3-6,11-12,22H,7-10H2,1-2H3,(H2,19,20,23,24). The predicted molar refractivity (Wildman–Crippen MR) is 93.8 cm³/mol. The quantitative estimate of drug-likeness (QED) is 0.724. The molecule has 3 rings (SSSR count). The van der Waals surface area contributed by atoms with Crippen LogP contribution in [0, 0.1) is 0 Å². The van der Waals surface area contributed by atoms with Gasteiger partial charge in [0.1, 0.15) is 18.5 Å². The Balaban J connectivity index is 1.58. The van der Waals surface area contributed by atoms with E-state index in [0.717, 1.165) is 11.3 Å². The third-order valence-corrected chi connectivity index (χ3v) is 4.33. The fraction of sp³-hybridized carbons (Fsp3) is 0.444. The monoisotopic (exact) mass is 345 g/mol. The molecule has 0 spiro atoms. The summed E-state index contributed by atoms with van der Waals surface area (Å²) in [6, 6.07) is 7.80. The molecule has 0 amide bonds. The molecular weight excluding hydrogens is 322 g/mol. The van der Waals surface area contributed by atoms with Gasteiger partial charge in [-0.3, -0.25) is 14.7 Å². The second kappa shape index (κ2) is 7.25. The predicted octanol–water partition coefficient (Wildman–Crippen LogP) is 0.942.